The number of hydrogen-bond acceptors (Lipinski definition) is 2. The van der Waals surface area contributed by atoms with E-state index >= 15 is 0 Å². The Kier molecular flexibility index (Phi) is 4.39. The largest absolute Gasteiger partial charge is 0.402 e. The van der Waals surface area contributed by atoms with Gasteiger partial charge in [-0.05, 0) is 35.6 Å². The smallest absolute Gasteiger partial charge is 0.103 e. The fraction of sp³-hybridized carbons (Fsp3) is 0.167. The van der Waals surface area contributed by atoms with E-state index in [1.807, 2.05) is 6.92 Å². The average molecular weight is 236 g/mol. The molecule has 0 aromatic heterocycles. The van der Waals surface area contributed by atoms with Crippen LogP contribution in [0.1, 0.15) is 6.92 Å². The van der Waals surface area contributed by atoms with Crippen LogP contribution in [0.25, 0.3) is 0 Å². The molecule has 0 aliphatic rings. The van der Waals surface area contributed by atoms with Gasteiger partial charge in [0.2, 0.25) is 0 Å². The molecule has 2 nitrogen and oxygen atoms in total. The lowest BCUT2D eigenvalue weighted by atomic mass is 10.5. The molecule has 0 amide bonds. The lowest BCUT2D eigenvalue weighted by Crippen LogP contribution is -1.92. The third-order valence-corrected chi connectivity index (χ3v) is 1.15. The van der Waals surface area contributed by atoms with Crippen molar-refractivity contribution < 1.29 is 0 Å². The van der Waals surface area contributed by atoms with Crippen LogP contribution in [-0.4, -0.2) is 3.72 Å². The van der Waals surface area contributed by atoms with Crippen molar-refractivity contribution in [3.8, 4) is 0 Å². The second-order valence-corrected chi connectivity index (χ2v) is 2.63. The number of nitrogens with two attached hydrogens (primary N) is 1. The fourth-order valence-electron chi connectivity index (χ4n) is 0.312. The number of rotatable bonds is 2. The van der Waals surface area contributed by atoms with Gasteiger partial charge in [-0.3, -0.25) is 4.99 Å². The van der Waals surface area contributed by atoms with Crippen LogP contribution < -0.4 is 5.73 Å². The van der Waals surface area contributed by atoms with Crippen molar-refractivity contribution in [2.45, 2.75) is 6.92 Å². The van der Waals surface area contributed by atoms with Crippen molar-refractivity contribution in [1.29, 1.82) is 0 Å². The molecule has 0 aliphatic heterocycles. The van der Waals surface area contributed by atoms with E-state index in [0.717, 1.165) is 9.42 Å². The van der Waals surface area contributed by atoms with Crippen LogP contribution in [0.2, 0.25) is 0 Å². The van der Waals surface area contributed by atoms with Crippen LogP contribution >= 0.6 is 22.6 Å². The Morgan fingerprint density at radius 2 is 2.33 bits per heavy atom. The van der Waals surface area contributed by atoms with Crippen molar-refractivity contribution in [1.82, 2.24) is 0 Å². The Morgan fingerprint density at radius 1 is 1.78 bits per heavy atom. The van der Waals surface area contributed by atoms with Gasteiger partial charge in [0.05, 0.1) is 0 Å². The summed E-state index contributed by atoms with van der Waals surface area (Å²) in [4.78, 5) is 3.88. The molecule has 0 spiro atoms. The first-order valence-electron chi connectivity index (χ1n) is 2.45. The highest BCUT2D eigenvalue weighted by molar-refractivity contribution is 14.1. The molecular formula is C6H9IN2. The Morgan fingerprint density at radius 3 is 2.67 bits per heavy atom. The monoisotopic (exact) mass is 236 g/mol. The van der Waals surface area contributed by atoms with Crippen molar-refractivity contribution in [3.63, 3.8) is 0 Å². The van der Waals surface area contributed by atoms with Gasteiger partial charge in [0, 0.05) is 11.9 Å². The third-order valence-electron chi connectivity index (χ3n) is 0.561. The summed E-state index contributed by atoms with van der Waals surface area (Å²) in [5.74, 6) is 0. The third kappa shape index (κ3) is 5.55. The standard InChI is InChI=1S/C6H9IN2/c1-3-9-6(7)4-5(2)8/h3-4H,1,8H2,2H3/b5-4-,9-6+. The maximum Gasteiger partial charge on any atom is 0.103 e. The zero-order valence-electron chi connectivity index (χ0n) is 5.26. The van der Waals surface area contributed by atoms with Crippen molar-refractivity contribution in [3.05, 3.63) is 24.6 Å². The minimum Gasteiger partial charge on any atom is -0.402 e. The topological polar surface area (TPSA) is 38.4 Å². The molecule has 0 saturated carbocycles. The van der Waals surface area contributed by atoms with Gasteiger partial charge in [-0.25, -0.2) is 0 Å². The molecule has 0 rings (SSSR count). The summed E-state index contributed by atoms with van der Waals surface area (Å²) in [6, 6.07) is 0. The van der Waals surface area contributed by atoms with Gasteiger partial charge in [-0.1, -0.05) is 6.58 Å². The molecule has 3 heteroatoms. The summed E-state index contributed by atoms with van der Waals surface area (Å²) in [6.07, 6.45) is 3.27. The summed E-state index contributed by atoms with van der Waals surface area (Å²) in [5.41, 5.74) is 6.12. The normalized spacial score (nSPS) is 13.6. The number of hydrogen-bond donors (Lipinski definition) is 1. The molecule has 0 radical (unpaired) electrons. The molecule has 0 heterocycles. The van der Waals surface area contributed by atoms with Crippen LogP contribution in [0.5, 0.6) is 0 Å². The van der Waals surface area contributed by atoms with Crippen LogP contribution in [0.15, 0.2) is 29.5 Å². The highest BCUT2D eigenvalue weighted by Crippen LogP contribution is 1.95. The molecule has 2 N–H and O–H groups in total. The first kappa shape index (κ1) is 8.68. The molecule has 0 aliphatic carbocycles. The summed E-state index contributed by atoms with van der Waals surface area (Å²) in [6.45, 7) is 5.26. The van der Waals surface area contributed by atoms with Gasteiger partial charge in [0.25, 0.3) is 0 Å². The van der Waals surface area contributed by atoms with E-state index < -0.39 is 0 Å². The molecule has 0 saturated heterocycles. The number of aliphatic imine (C=N–C) groups is 1. The number of halogens is 1. The minimum absolute atomic E-state index is 0.755. The average Bonchev–Trinajstić information content (AvgIpc) is 1.63. The van der Waals surface area contributed by atoms with Crippen LogP contribution in [0, 0.1) is 0 Å². The maximum atomic E-state index is 5.36. The van der Waals surface area contributed by atoms with Crippen LogP contribution in [-0.2, 0) is 0 Å². The second-order valence-electron chi connectivity index (χ2n) is 1.52. The van der Waals surface area contributed by atoms with E-state index in [1.165, 1.54) is 6.20 Å². The van der Waals surface area contributed by atoms with Gasteiger partial charge in [-0.15, -0.1) is 0 Å². The zero-order valence-corrected chi connectivity index (χ0v) is 7.42. The predicted octanol–water partition coefficient (Wildman–Crippen LogP) is 1.83. The lowest BCUT2D eigenvalue weighted by Gasteiger charge is -1.87. The van der Waals surface area contributed by atoms with Crippen molar-refractivity contribution in [2.75, 3.05) is 0 Å². The van der Waals surface area contributed by atoms with E-state index in [2.05, 4.69) is 34.2 Å². The van der Waals surface area contributed by atoms with E-state index in [-0.39, 0.29) is 0 Å². The molecule has 9 heavy (non-hydrogen) atoms. The van der Waals surface area contributed by atoms with Crippen molar-refractivity contribution >= 4 is 26.3 Å². The quantitative estimate of drug-likeness (QED) is 0.576. The van der Waals surface area contributed by atoms with Gasteiger partial charge < -0.3 is 5.73 Å². The summed E-state index contributed by atoms with van der Waals surface area (Å²) in [5, 5.41) is 0. The van der Waals surface area contributed by atoms with Crippen LogP contribution in [0.4, 0.5) is 0 Å². The Hall–Kier alpha value is -0.320. The Bertz CT molecular complexity index is 154. The number of allylic oxidation sites excluding steroid dienone is 2. The predicted molar refractivity (Wildman–Crippen MR) is 49.6 cm³/mol. The molecule has 0 aromatic carbocycles. The Balaban J connectivity index is 4.05. The van der Waals surface area contributed by atoms with Gasteiger partial charge in [0.15, 0.2) is 0 Å². The van der Waals surface area contributed by atoms with Crippen molar-refractivity contribution in [2.24, 2.45) is 10.7 Å². The first-order chi connectivity index (χ1) is 4.16. The second kappa shape index (κ2) is 4.55. The lowest BCUT2D eigenvalue weighted by molar-refractivity contribution is 1.33. The molecule has 0 fully saturated rings. The molecule has 0 bridgehead atoms. The van der Waals surface area contributed by atoms with E-state index in [9.17, 15) is 0 Å². The Labute approximate surface area is 68.7 Å². The van der Waals surface area contributed by atoms with Crippen LogP contribution in [0.3, 0.4) is 0 Å². The first-order valence-corrected chi connectivity index (χ1v) is 3.52. The van der Waals surface area contributed by atoms with E-state index in [1.54, 1.807) is 6.08 Å². The highest BCUT2D eigenvalue weighted by Gasteiger charge is 1.82. The van der Waals surface area contributed by atoms with Gasteiger partial charge in [0.1, 0.15) is 3.72 Å². The maximum absolute atomic E-state index is 5.36. The molecule has 0 unspecified atom stereocenters. The minimum atomic E-state index is 0.755. The molecular weight excluding hydrogens is 227 g/mol. The van der Waals surface area contributed by atoms with Gasteiger partial charge in [-0.2, -0.15) is 0 Å². The van der Waals surface area contributed by atoms with Gasteiger partial charge >= 0.3 is 0 Å². The van der Waals surface area contributed by atoms with E-state index in [0.29, 0.717) is 0 Å². The molecule has 0 atom stereocenters. The molecule has 0 aromatic rings. The summed E-state index contributed by atoms with van der Waals surface area (Å²) in [7, 11) is 0. The highest BCUT2D eigenvalue weighted by atomic mass is 127. The summed E-state index contributed by atoms with van der Waals surface area (Å²) >= 11 is 2.08. The van der Waals surface area contributed by atoms with E-state index in [4.69, 9.17) is 5.73 Å². The summed E-state index contributed by atoms with van der Waals surface area (Å²) < 4.78 is 0.850. The zero-order chi connectivity index (χ0) is 7.28. The number of nitrogens with zero attached hydrogens (tertiary/aromatic N) is 1. The SMILES string of the molecule is C=C/N=C(I)\C=C(\C)N. The fourth-order valence-corrected chi connectivity index (χ4v) is 1.00. The molecule has 50 valence electrons.